The van der Waals surface area contributed by atoms with Crippen LogP contribution in [0, 0.1) is 15.9 Å². The van der Waals surface area contributed by atoms with Crippen LogP contribution < -0.4 is 10.1 Å². The Bertz CT molecular complexity index is 824. The van der Waals surface area contributed by atoms with Gasteiger partial charge in [-0.2, -0.15) is 0 Å². The number of amides is 1. The molecule has 0 saturated heterocycles. The van der Waals surface area contributed by atoms with E-state index in [0.29, 0.717) is 0 Å². The number of carbonyl (C=O) groups excluding carboxylic acids is 2. The van der Waals surface area contributed by atoms with Crippen molar-refractivity contribution in [2.24, 2.45) is 0 Å². The number of hydrogen-bond acceptors (Lipinski definition) is 6. The third kappa shape index (κ3) is 4.50. The fourth-order valence-corrected chi connectivity index (χ4v) is 1.92. The quantitative estimate of drug-likeness (QED) is 0.488. The summed E-state index contributed by atoms with van der Waals surface area (Å²) in [6.45, 7) is -0.726. The maximum atomic E-state index is 13.4. The summed E-state index contributed by atoms with van der Waals surface area (Å²) in [6.07, 6.45) is 0. The van der Waals surface area contributed by atoms with Crippen LogP contribution in [0.25, 0.3) is 0 Å². The first-order valence-electron chi connectivity index (χ1n) is 6.96. The number of halogens is 1. The zero-order chi connectivity index (χ0) is 18.4. The Morgan fingerprint density at radius 2 is 1.96 bits per heavy atom. The number of nitrogens with zero attached hydrogens (tertiary/aromatic N) is 1. The van der Waals surface area contributed by atoms with Gasteiger partial charge in [-0.25, -0.2) is 9.18 Å². The summed E-state index contributed by atoms with van der Waals surface area (Å²) in [6, 6.07) is 8.99. The molecule has 9 heteroatoms. The van der Waals surface area contributed by atoms with Crippen LogP contribution in [0.15, 0.2) is 42.5 Å². The molecule has 130 valence electrons. The van der Waals surface area contributed by atoms with Crippen molar-refractivity contribution in [2.75, 3.05) is 19.0 Å². The number of hydrogen-bond donors (Lipinski definition) is 1. The summed E-state index contributed by atoms with van der Waals surface area (Å²) in [4.78, 5) is 33.9. The number of nitro benzene ring substituents is 1. The van der Waals surface area contributed by atoms with Crippen molar-refractivity contribution in [2.45, 2.75) is 0 Å². The first kappa shape index (κ1) is 17.9. The Morgan fingerprint density at radius 3 is 2.60 bits per heavy atom. The van der Waals surface area contributed by atoms with Crippen molar-refractivity contribution in [3.63, 3.8) is 0 Å². The summed E-state index contributed by atoms with van der Waals surface area (Å²) >= 11 is 0. The summed E-state index contributed by atoms with van der Waals surface area (Å²) in [7, 11) is 1.35. The maximum absolute atomic E-state index is 13.4. The molecule has 8 nitrogen and oxygen atoms in total. The van der Waals surface area contributed by atoms with Crippen LogP contribution >= 0.6 is 0 Å². The van der Waals surface area contributed by atoms with E-state index in [1.54, 1.807) is 0 Å². The van der Waals surface area contributed by atoms with Gasteiger partial charge in [-0.15, -0.1) is 0 Å². The first-order chi connectivity index (χ1) is 11.9. The van der Waals surface area contributed by atoms with Crippen LogP contribution in [-0.2, 0) is 9.53 Å². The van der Waals surface area contributed by atoms with Crippen LogP contribution in [-0.4, -0.2) is 30.5 Å². The number of nitrogens with one attached hydrogen (secondary N) is 1. The van der Waals surface area contributed by atoms with E-state index in [-0.39, 0.29) is 22.7 Å². The predicted octanol–water partition coefficient (Wildman–Crippen LogP) is 2.54. The number of anilines is 1. The van der Waals surface area contributed by atoms with Gasteiger partial charge in [0.15, 0.2) is 6.61 Å². The lowest BCUT2D eigenvalue weighted by molar-refractivity contribution is -0.384. The molecule has 0 aliphatic carbocycles. The van der Waals surface area contributed by atoms with Gasteiger partial charge in [0.25, 0.3) is 11.6 Å². The Kier molecular flexibility index (Phi) is 5.62. The van der Waals surface area contributed by atoms with Crippen molar-refractivity contribution in [1.82, 2.24) is 0 Å². The molecule has 0 atom stereocenters. The molecule has 0 aliphatic heterocycles. The van der Waals surface area contributed by atoms with Gasteiger partial charge in [0.1, 0.15) is 17.3 Å². The van der Waals surface area contributed by atoms with E-state index < -0.39 is 29.2 Å². The molecule has 0 bridgehead atoms. The van der Waals surface area contributed by atoms with Crippen LogP contribution in [0.2, 0.25) is 0 Å². The van der Waals surface area contributed by atoms with Crippen molar-refractivity contribution in [3.8, 4) is 5.75 Å². The lowest BCUT2D eigenvalue weighted by Gasteiger charge is -2.08. The monoisotopic (exact) mass is 348 g/mol. The number of carbonyl (C=O) groups is 2. The standard InChI is InChI=1S/C16H13FN2O6/c1-24-10-6-7-13(14(8-10)19(22)23)18-15(20)9-25-16(21)11-4-2-3-5-12(11)17/h2-8H,9H2,1H3,(H,18,20). The zero-order valence-corrected chi connectivity index (χ0v) is 13.0. The molecular weight excluding hydrogens is 335 g/mol. The fraction of sp³-hybridized carbons (Fsp3) is 0.125. The fourth-order valence-electron chi connectivity index (χ4n) is 1.92. The van der Waals surface area contributed by atoms with E-state index in [9.17, 15) is 24.1 Å². The number of rotatable bonds is 6. The second-order valence-electron chi connectivity index (χ2n) is 4.74. The van der Waals surface area contributed by atoms with E-state index in [1.165, 1.54) is 37.4 Å². The highest BCUT2D eigenvalue weighted by Crippen LogP contribution is 2.28. The normalized spacial score (nSPS) is 10.0. The van der Waals surface area contributed by atoms with E-state index >= 15 is 0 Å². The number of ether oxygens (including phenoxy) is 2. The van der Waals surface area contributed by atoms with Gasteiger partial charge in [-0.3, -0.25) is 14.9 Å². The van der Waals surface area contributed by atoms with Gasteiger partial charge in [0.2, 0.25) is 0 Å². The summed E-state index contributed by atoms with van der Waals surface area (Å²) in [5.74, 6) is -2.36. The Labute approximate surface area is 141 Å². The van der Waals surface area contributed by atoms with Gasteiger partial charge >= 0.3 is 5.97 Å². The second-order valence-corrected chi connectivity index (χ2v) is 4.74. The molecule has 0 saturated carbocycles. The lowest BCUT2D eigenvalue weighted by Crippen LogP contribution is -2.21. The molecule has 2 rings (SSSR count). The minimum atomic E-state index is -1.02. The molecule has 0 fully saturated rings. The van der Waals surface area contributed by atoms with Crippen molar-refractivity contribution in [3.05, 3.63) is 64.0 Å². The van der Waals surface area contributed by atoms with Crippen molar-refractivity contribution in [1.29, 1.82) is 0 Å². The molecule has 0 spiro atoms. The molecule has 0 aromatic heterocycles. The molecule has 0 heterocycles. The van der Waals surface area contributed by atoms with E-state index in [1.807, 2.05) is 0 Å². The minimum Gasteiger partial charge on any atom is -0.496 e. The second kappa shape index (κ2) is 7.86. The van der Waals surface area contributed by atoms with Gasteiger partial charge in [0, 0.05) is 0 Å². The van der Waals surface area contributed by atoms with Crippen LogP contribution in [0.4, 0.5) is 15.8 Å². The number of nitro groups is 1. The molecule has 0 radical (unpaired) electrons. The third-order valence-electron chi connectivity index (χ3n) is 3.10. The number of methoxy groups -OCH3 is 1. The topological polar surface area (TPSA) is 108 Å². The van der Waals surface area contributed by atoms with Gasteiger partial charge < -0.3 is 14.8 Å². The average molecular weight is 348 g/mol. The molecule has 2 aromatic carbocycles. The molecule has 25 heavy (non-hydrogen) atoms. The van der Waals surface area contributed by atoms with Crippen LogP contribution in [0.1, 0.15) is 10.4 Å². The van der Waals surface area contributed by atoms with E-state index in [4.69, 9.17) is 9.47 Å². The van der Waals surface area contributed by atoms with E-state index in [2.05, 4.69) is 5.32 Å². The maximum Gasteiger partial charge on any atom is 0.341 e. The minimum absolute atomic E-state index is 0.0854. The zero-order valence-electron chi connectivity index (χ0n) is 13.0. The van der Waals surface area contributed by atoms with Gasteiger partial charge in [0.05, 0.1) is 23.7 Å². The molecule has 1 amide bonds. The summed E-state index contributed by atoms with van der Waals surface area (Å²) < 4.78 is 23.0. The predicted molar refractivity (Wildman–Crippen MR) is 85.0 cm³/mol. The largest absolute Gasteiger partial charge is 0.496 e. The third-order valence-corrected chi connectivity index (χ3v) is 3.10. The van der Waals surface area contributed by atoms with Crippen molar-refractivity contribution >= 4 is 23.3 Å². The molecule has 2 aromatic rings. The Morgan fingerprint density at radius 1 is 1.24 bits per heavy atom. The smallest absolute Gasteiger partial charge is 0.341 e. The van der Waals surface area contributed by atoms with Crippen LogP contribution in [0.3, 0.4) is 0 Å². The first-order valence-corrected chi connectivity index (χ1v) is 6.96. The SMILES string of the molecule is COc1ccc(NC(=O)COC(=O)c2ccccc2F)c([N+](=O)[O-])c1. The number of esters is 1. The van der Waals surface area contributed by atoms with Gasteiger partial charge in [-0.05, 0) is 24.3 Å². The molecular formula is C16H13FN2O6. The molecule has 0 aliphatic rings. The molecule has 1 N–H and O–H groups in total. The molecule has 0 unspecified atom stereocenters. The highest BCUT2D eigenvalue weighted by Gasteiger charge is 2.19. The Balaban J connectivity index is 2.02. The summed E-state index contributed by atoms with van der Waals surface area (Å²) in [5.41, 5.74) is -0.781. The summed E-state index contributed by atoms with van der Waals surface area (Å²) in [5, 5.41) is 13.3. The van der Waals surface area contributed by atoms with Crippen LogP contribution in [0.5, 0.6) is 5.75 Å². The van der Waals surface area contributed by atoms with Crippen molar-refractivity contribution < 1.29 is 28.4 Å². The van der Waals surface area contributed by atoms with Gasteiger partial charge in [-0.1, -0.05) is 12.1 Å². The average Bonchev–Trinajstić information content (AvgIpc) is 2.60. The highest BCUT2D eigenvalue weighted by atomic mass is 19.1. The Hall–Kier alpha value is -3.49. The highest BCUT2D eigenvalue weighted by molar-refractivity contribution is 5.97. The van der Waals surface area contributed by atoms with E-state index in [0.717, 1.165) is 12.1 Å². The number of benzene rings is 2. The lowest BCUT2D eigenvalue weighted by atomic mass is 10.2.